The van der Waals surface area contributed by atoms with Gasteiger partial charge in [-0.1, -0.05) is 17.7 Å². The molecular weight excluding hydrogens is 334 g/mol. The lowest BCUT2D eigenvalue weighted by molar-refractivity contribution is 0.199. The molecule has 0 bridgehead atoms. The van der Waals surface area contributed by atoms with Gasteiger partial charge in [-0.3, -0.25) is 5.43 Å². The van der Waals surface area contributed by atoms with Gasteiger partial charge in [-0.15, -0.1) is 0 Å². The molecule has 1 aromatic carbocycles. The van der Waals surface area contributed by atoms with E-state index in [4.69, 9.17) is 10.6 Å². The first kappa shape index (κ1) is 15.9. The number of hydrazine groups is 1. The summed E-state index contributed by atoms with van der Waals surface area (Å²) >= 11 is 0. The zero-order valence-electron chi connectivity index (χ0n) is 12.5. The van der Waals surface area contributed by atoms with Gasteiger partial charge in [-0.05, 0) is 25.1 Å². The van der Waals surface area contributed by atoms with Crippen molar-refractivity contribution >= 4 is 27.3 Å². The number of ether oxygens (including phenoxy) is 1. The van der Waals surface area contributed by atoms with Crippen LogP contribution in [-0.4, -0.2) is 28.5 Å². The zero-order valence-corrected chi connectivity index (χ0v) is 13.3. The number of carbonyl (C=O) groups excluding carboxylic acids is 1. The third-order valence-electron chi connectivity index (χ3n) is 3.23. The highest BCUT2D eigenvalue weighted by molar-refractivity contribution is 7.90. The maximum absolute atomic E-state index is 12.7. The zero-order chi connectivity index (χ0) is 17.3. The lowest BCUT2D eigenvalue weighted by Gasteiger charge is -2.07. The Balaban J connectivity index is 2.04. The number of nitrogens with two attached hydrogens (primary N) is 1. The van der Waals surface area contributed by atoms with Crippen LogP contribution >= 0.6 is 0 Å². The number of fused-ring (bicyclic) bond motifs is 1. The lowest BCUT2D eigenvalue weighted by Crippen LogP contribution is -2.33. The van der Waals surface area contributed by atoms with Gasteiger partial charge < -0.3 is 4.74 Å². The number of hydrogen-bond donors (Lipinski definition) is 2. The van der Waals surface area contributed by atoms with E-state index in [1.165, 1.54) is 24.4 Å². The third kappa shape index (κ3) is 2.79. The molecule has 0 fully saturated rings. The molecule has 0 radical (unpaired) electrons. The Hall–Kier alpha value is -2.98. The maximum Gasteiger partial charge on any atom is 0.428 e. The minimum absolute atomic E-state index is 0.101. The second-order valence-electron chi connectivity index (χ2n) is 4.88. The van der Waals surface area contributed by atoms with Gasteiger partial charge >= 0.3 is 6.09 Å². The smallest absolute Gasteiger partial charge is 0.389 e. The molecule has 0 unspecified atom stereocenters. The van der Waals surface area contributed by atoms with E-state index in [9.17, 15) is 13.2 Å². The van der Waals surface area contributed by atoms with Crippen molar-refractivity contribution in [2.45, 2.75) is 11.8 Å². The number of aromatic nitrogens is 3. The average Bonchev–Trinajstić information content (AvgIpc) is 2.99. The van der Waals surface area contributed by atoms with Crippen molar-refractivity contribution in [2.24, 2.45) is 5.84 Å². The predicted molar refractivity (Wildman–Crippen MR) is 84.6 cm³/mol. The highest BCUT2D eigenvalue weighted by atomic mass is 32.2. The standard InChI is InChI=1S/C14H13N5O4S/c1-9-2-4-10(5-3-9)24(21,22)19-7-6-11-13(19)16-8-12(17-11)23-14(20)18-15/h2-8H,15H2,1H3,(H,18,20). The summed E-state index contributed by atoms with van der Waals surface area (Å²) in [5.41, 5.74) is 3.12. The number of nitrogens with zero attached hydrogens (tertiary/aromatic N) is 3. The van der Waals surface area contributed by atoms with Crippen molar-refractivity contribution in [3.63, 3.8) is 0 Å². The summed E-state index contributed by atoms with van der Waals surface area (Å²) in [5, 5.41) is 0. The summed E-state index contributed by atoms with van der Waals surface area (Å²) in [5.74, 6) is 4.81. The van der Waals surface area contributed by atoms with Crippen molar-refractivity contribution < 1.29 is 17.9 Å². The molecule has 3 N–H and O–H groups in total. The van der Waals surface area contributed by atoms with Crippen molar-refractivity contribution in [2.75, 3.05) is 0 Å². The quantitative estimate of drug-likeness (QED) is 0.410. The number of amides is 1. The van der Waals surface area contributed by atoms with Gasteiger partial charge in [0.2, 0.25) is 5.88 Å². The van der Waals surface area contributed by atoms with Gasteiger partial charge in [0.1, 0.15) is 5.52 Å². The highest BCUT2D eigenvalue weighted by Gasteiger charge is 2.20. The fourth-order valence-corrected chi connectivity index (χ4v) is 3.36. The first-order valence-corrected chi connectivity index (χ1v) is 8.20. The summed E-state index contributed by atoms with van der Waals surface area (Å²) in [6.45, 7) is 1.87. The van der Waals surface area contributed by atoms with E-state index in [0.29, 0.717) is 0 Å². The molecular formula is C14H13N5O4S. The largest absolute Gasteiger partial charge is 0.428 e. The Morgan fingerprint density at radius 1 is 1.25 bits per heavy atom. The van der Waals surface area contributed by atoms with Gasteiger partial charge in [0.25, 0.3) is 10.0 Å². The number of carbonyl (C=O) groups is 1. The van der Waals surface area contributed by atoms with Gasteiger partial charge in [0.05, 0.1) is 11.1 Å². The predicted octanol–water partition coefficient (Wildman–Crippen LogP) is 0.939. The summed E-state index contributed by atoms with van der Waals surface area (Å²) in [7, 11) is -3.81. The Morgan fingerprint density at radius 3 is 2.62 bits per heavy atom. The van der Waals surface area contributed by atoms with Crippen LogP contribution in [0.5, 0.6) is 5.88 Å². The summed E-state index contributed by atoms with van der Waals surface area (Å²) in [4.78, 5) is 19.2. The molecule has 3 rings (SSSR count). The van der Waals surface area contributed by atoms with Crippen LogP contribution in [0.15, 0.2) is 47.6 Å². The molecule has 0 aliphatic carbocycles. The minimum atomic E-state index is -3.81. The van der Waals surface area contributed by atoms with Crippen molar-refractivity contribution in [1.82, 2.24) is 19.4 Å². The Bertz CT molecular complexity index is 1010. The normalized spacial score (nSPS) is 11.4. The number of nitrogens with one attached hydrogen (secondary N) is 1. The van der Waals surface area contributed by atoms with Crippen LogP contribution < -0.4 is 16.0 Å². The summed E-state index contributed by atoms with van der Waals surface area (Å²) < 4.78 is 31.2. The molecule has 1 amide bonds. The fraction of sp³-hybridized carbons (Fsp3) is 0.0714. The molecule has 0 saturated heterocycles. The van der Waals surface area contributed by atoms with Crippen LogP contribution in [0.25, 0.3) is 11.2 Å². The molecule has 0 saturated carbocycles. The van der Waals surface area contributed by atoms with Crippen LogP contribution in [-0.2, 0) is 10.0 Å². The third-order valence-corrected chi connectivity index (χ3v) is 4.91. The van der Waals surface area contributed by atoms with Crippen molar-refractivity contribution in [3.8, 4) is 5.88 Å². The minimum Gasteiger partial charge on any atom is -0.389 e. The van der Waals surface area contributed by atoms with Crippen LogP contribution in [0.4, 0.5) is 4.79 Å². The molecule has 2 heterocycles. The second kappa shape index (κ2) is 5.91. The number of hydrogen-bond acceptors (Lipinski definition) is 7. The molecule has 0 spiro atoms. The average molecular weight is 347 g/mol. The highest BCUT2D eigenvalue weighted by Crippen LogP contribution is 2.21. The van der Waals surface area contributed by atoms with E-state index in [2.05, 4.69) is 9.97 Å². The fourth-order valence-electron chi connectivity index (χ4n) is 2.06. The van der Waals surface area contributed by atoms with E-state index < -0.39 is 16.1 Å². The summed E-state index contributed by atoms with van der Waals surface area (Å²) in [6.07, 6.45) is 1.57. The summed E-state index contributed by atoms with van der Waals surface area (Å²) in [6, 6.07) is 7.92. The van der Waals surface area contributed by atoms with E-state index >= 15 is 0 Å². The Morgan fingerprint density at radius 2 is 1.96 bits per heavy atom. The number of rotatable bonds is 3. The Kier molecular flexibility index (Phi) is 3.91. The van der Waals surface area contributed by atoms with E-state index in [-0.39, 0.29) is 21.9 Å². The second-order valence-corrected chi connectivity index (χ2v) is 6.70. The van der Waals surface area contributed by atoms with Gasteiger partial charge in [-0.2, -0.15) is 0 Å². The molecule has 0 aliphatic rings. The topological polar surface area (TPSA) is 129 Å². The Labute approximate surface area is 137 Å². The number of benzene rings is 1. The van der Waals surface area contributed by atoms with E-state index in [1.807, 2.05) is 6.92 Å². The van der Waals surface area contributed by atoms with Crippen LogP contribution in [0.1, 0.15) is 5.56 Å². The van der Waals surface area contributed by atoms with E-state index in [0.717, 1.165) is 15.7 Å². The van der Waals surface area contributed by atoms with Crippen molar-refractivity contribution in [3.05, 3.63) is 48.3 Å². The monoisotopic (exact) mass is 347 g/mol. The van der Waals surface area contributed by atoms with E-state index in [1.54, 1.807) is 17.6 Å². The first-order chi connectivity index (χ1) is 11.4. The molecule has 3 aromatic rings. The molecule has 10 heteroatoms. The van der Waals surface area contributed by atoms with Gasteiger partial charge in [-0.25, -0.2) is 33.0 Å². The molecule has 124 valence electrons. The van der Waals surface area contributed by atoms with Crippen LogP contribution in [0.2, 0.25) is 0 Å². The van der Waals surface area contributed by atoms with Gasteiger partial charge in [0.15, 0.2) is 5.65 Å². The first-order valence-electron chi connectivity index (χ1n) is 6.76. The van der Waals surface area contributed by atoms with Crippen molar-refractivity contribution in [1.29, 1.82) is 0 Å². The lowest BCUT2D eigenvalue weighted by atomic mass is 10.2. The van der Waals surface area contributed by atoms with Crippen LogP contribution in [0, 0.1) is 6.92 Å². The SMILES string of the molecule is Cc1ccc(S(=O)(=O)n2ccc3nc(OC(=O)NN)cnc32)cc1. The number of aryl methyl sites for hydroxylation is 1. The molecule has 0 aliphatic heterocycles. The molecule has 9 nitrogen and oxygen atoms in total. The maximum atomic E-state index is 12.7. The molecule has 24 heavy (non-hydrogen) atoms. The van der Waals surface area contributed by atoms with Crippen LogP contribution in [0.3, 0.4) is 0 Å². The van der Waals surface area contributed by atoms with Gasteiger partial charge in [0, 0.05) is 6.20 Å². The molecule has 0 atom stereocenters. The molecule has 2 aromatic heterocycles.